The van der Waals surface area contributed by atoms with E-state index < -0.39 is 63.8 Å². The lowest BCUT2D eigenvalue weighted by Gasteiger charge is -2.39. The Morgan fingerprint density at radius 2 is 0.686 bits per heavy atom. The molecule has 1 saturated heterocycles. The molecule has 0 unspecified atom stereocenters. The molecule has 1 heterocycles. The fourth-order valence-electron chi connectivity index (χ4n) is 3.88. The number of aliphatic hydroxyl groups is 1. The van der Waals surface area contributed by atoms with E-state index in [-0.39, 0.29) is 62.3 Å². The fraction of sp³-hybridized carbons (Fsp3) is 0.429. The summed E-state index contributed by atoms with van der Waals surface area (Å²) < 4.78 is 161. The molecule has 0 spiro atoms. The van der Waals surface area contributed by atoms with E-state index in [1.54, 1.807) is 0 Å². The van der Waals surface area contributed by atoms with Crippen LogP contribution in [0.3, 0.4) is 0 Å². The second-order valence-corrected chi connectivity index (χ2v) is 7.96. The maximum Gasteiger partial charge on any atom is 0.416 e. The SMILES string of the molecule is OC(c1cc(C(F)(F)F)cc(C(F)(F)F)c1)(c1cc(C(F)(F)F)cc(C(F)(F)F)c1)N1CCCC1. The molecular formula is C21H15F12NO. The van der Waals surface area contributed by atoms with E-state index in [4.69, 9.17) is 0 Å². The molecule has 0 bridgehead atoms. The van der Waals surface area contributed by atoms with Gasteiger partial charge in [-0.25, -0.2) is 0 Å². The molecule has 14 heteroatoms. The smallest absolute Gasteiger partial charge is 0.367 e. The first-order chi connectivity index (χ1) is 15.7. The van der Waals surface area contributed by atoms with Crippen LogP contribution in [0.1, 0.15) is 46.2 Å². The summed E-state index contributed by atoms with van der Waals surface area (Å²) >= 11 is 0. The molecule has 0 aromatic heterocycles. The molecule has 1 fully saturated rings. The molecule has 3 rings (SSSR count). The van der Waals surface area contributed by atoms with Crippen molar-refractivity contribution in [3.63, 3.8) is 0 Å². The highest BCUT2D eigenvalue weighted by Crippen LogP contribution is 2.45. The van der Waals surface area contributed by atoms with Gasteiger partial charge in [-0.15, -0.1) is 0 Å². The summed E-state index contributed by atoms with van der Waals surface area (Å²) in [6, 6.07) is -0.188. The van der Waals surface area contributed by atoms with Gasteiger partial charge in [-0.05, 0) is 49.2 Å². The lowest BCUT2D eigenvalue weighted by Crippen LogP contribution is -2.46. The molecular weight excluding hydrogens is 510 g/mol. The highest BCUT2D eigenvalue weighted by molar-refractivity contribution is 5.45. The largest absolute Gasteiger partial charge is 0.416 e. The monoisotopic (exact) mass is 525 g/mol. The Morgan fingerprint density at radius 1 is 0.457 bits per heavy atom. The molecule has 35 heavy (non-hydrogen) atoms. The van der Waals surface area contributed by atoms with E-state index in [1.807, 2.05) is 0 Å². The Labute approximate surface area is 189 Å². The molecule has 0 radical (unpaired) electrons. The van der Waals surface area contributed by atoms with Crippen LogP contribution in [0.25, 0.3) is 0 Å². The van der Waals surface area contributed by atoms with Crippen LogP contribution >= 0.6 is 0 Å². The molecule has 0 amide bonds. The van der Waals surface area contributed by atoms with E-state index in [9.17, 15) is 57.8 Å². The molecule has 0 atom stereocenters. The summed E-state index contributed by atoms with van der Waals surface area (Å²) in [5.41, 5.74) is -13.1. The quantitative estimate of drug-likeness (QED) is 0.435. The van der Waals surface area contributed by atoms with Crippen molar-refractivity contribution in [1.29, 1.82) is 0 Å². The van der Waals surface area contributed by atoms with Gasteiger partial charge in [0.25, 0.3) is 0 Å². The molecule has 1 N–H and O–H groups in total. The van der Waals surface area contributed by atoms with Gasteiger partial charge >= 0.3 is 24.7 Å². The number of benzene rings is 2. The average molecular weight is 525 g/mol. The van der Waals surface area contributed by atoms with Crippen LogP contribution in [-0.4, -0.2) is 23.1 Å². The zero-order chi connectivity index (χ0) is 26.6. The third-order valence-electron chi connectivity index (χ3n) is 5.54. The third kappa shape index (κ3) is 5.52. The van der Waals surface area contributed by atoms with E-state index in [0.717, 1.165) is 4.90 Å². The molecule has 2 aromatic carbocycles. The third-order valence-corrected chi connectivity index (χ3v) is 5.54. The number of hydrogen-bond acceptors (Lipinski definition) is 2. The van der Waals surface area contributed by atoms with Gasteiger partial charge in [-0.3, -0.25) is 4.90 Å². The number of nitrogens with zero attached hydrogens (tertiary/aromatic N) is 1. The number of rotatable bonds is 3. The lowest BCUT2D eigenvalue weighted by molar-refractivity contribution is -0.144. The van der Waals surface area contributed by atoms with Crippen LogP contribution < -0.4 is 0 Å². The van der Waals surface area contributed by atoms with Crippen molar-refractivity contribution in [3.05, 3.63) is 69.8 Å². The van der Waals surface area contributed by atoms with Gasteiger partial charge in [-0.1, -0.05) is 0 Å². The summed E-state index contributed by atoms with van der Waals surface area (Å²) in [5.74, 6) is 0. The molecule has 2 nitrogen and oxygen atoms in total. The van der Waals surface area contributed by atoms with Gasteiger partial charge in [0.2, 0.25) is 0 Å². The van der Waals surface area contributed by atoms with Crippen LogP contribution in [0.5, 0.6) is 0 Å². The second kappa shape index (κ2) is 8.57. The van der Waals surface area contributed by atoms with Gasteiger partial charge in [0.1, 0.15) is 0 Å². The van der Waals surface area contributed by atoms with Crippen molar-refractivity contribution in [2.24, 2.45) is 0 Å². The summed E-state index contributed by atoms with van der Waals surface area (Å²) in [6.45, 7) is -0.433. The van der Waals surface area contributed by atoms with Crippen LogP contribution in [0, 0.1) is 0 Å². The van der Waals surface area contributed by atoms with Crippen molar-refractivity contribution in [1.82, 2.24) is 4.90 Å². The summed E-state index contributed by atoms with van der Waals surface area (Å²) in [5, 5.41) is 11.5. The molecule has 2 aromatic rings. The fourth-order valence-corrected chi connectivity index (χ4v) is 3.88. The van der Waals surface area contributed by atoms with Crippen LogP contribution in [0.2, 0.25) is 0 Å². The topological polar surface area (TPSA) is 23.5 Å². The molecule has 1 aliphatic rings. The second-order valence-electron chi connectivity index (χ2n) is 7.96. The number of halogens is 12. The summed E-state index contributed by atoms with van der Waals surface area (Å²) in [6.07, 6.45) is -21.0. The van der Waals surface area contributed by atoms with Crippen molar-refractivity contribution < 1.29 is 57.8 Å². The Hall–Kier alpha value is -2.48. The first-order valence-electron chi connectivity index (χ1n) is 9.81. The van der Waals surface area contributed by atoms with Crippen molar-refractivity contribution >= 4 is 0 Å². The van der Waals surface area contributed by atoms with Crippen LogP contribution in [0.15, 0.2) is 36.4 Å². The van der Waals surface area contributed by atoms with E-state index in [0.29, 0.717) is 0 Å². The summed E-state index contributed by atoms with van der Waals surface area (Å²) in [7, 11) is 0. The van der Waals surface area contributed by atoms with E-state index in [2.05, 4.69) is 0 Å². The van der Waals surface area contributed by atoms with Crippen molar-refractivity contribution in [2.45, 2.75) is 43.3 Å². The maximum atomic E-state index is 13.4. The van der Waals surface area contributed by atoms with Gasteiger partial charge in [-0.2, -0.15) is 52.7 Å². The standard InChI is InChI=1S/C21H15F12NO/c22-18(23,24)13-5-11(6-14(9-13)19(25,26)27)17(35,34-3-1-2-4-34)12-7-15(20(28,29)30)10-16(8-12)21(31,32)33/h5-10,35H,1-4H2. The zero-order valence-electron chi connectivity index (χ0n) is 17.2. The minimum atomic E-state index is -5.37. The predicted molar refractivity (Wildman–Crippen MR) is 96.7 cm³/mol. The van der Waals surface area contributed by atoms with E-state index in [1.165, 1.54) is 0 Å². The Balaban J connectivity index is 2.41. The number of hydrogen-bond donors (Lipinski definition) is 1. The Kier molecular flexibility index (Phi) is 6.64. The Bertz CT molecular complexity index is 936. The molecule has 0 saturated carbocycles. The highest BCUT2D eigenvalue weighted by Gasteiger charge is 2.46. The number of alkyl halides is 12. The minimum absolute atomic E-state index is 0.0844. The normalized spacial score (nSPS) is 16.7. The molecule has 1 aliphatic heterocycles. The zero-order valence-corrected chi connectivity index (χ0v) is 17.2. The van der Waals surface area contributed by atoms with Gasteiger partial charge in [0.15, 0.2) is 5.72 Å². The van der Waals surface area contributed by atoms with Crippen LogP contribution in [-0.2, 0) is 30.4 Å². The first kappa shape index (κ1) is 27.1. The average Bonchev–Trinajstić information content (AvgIpc) is 3.25. The molecule has 194 valence electrons. The molecule has 0 aliphatic carbocycles. The summed E-state index contributed by atoms with van der Waals surface area (Å²) in [4.78, 5) is 0.846. The highest BCUT2D eigenvalue weighted by atomic mass is 19.4. The van der Waals surface area contributed by atoms with Crippen molar-refractivity contribution in [3.8, 4) is 0 Å². The lowest BCUT2D eigenvalue weighted by atomic mass is 9.87. The van der Waals surface area contributed by atoms with Crippen molar-refractivity contribution in [2.75, 3.05) is 13.1 Å². The Morgan fingerprint density at radius 3 is 0.914 bits per heavy atom. The minimum Gasteiger partial charge on any atom is -0.367 e. The van der Waals surface area contributed by atoms with Gasteiger partial charge in [0, 0.05) is 24.2 Å². The first-order valence-corrected chi connectivity index (χ1v) is 9.81. The predicted octanol–water partition coefficient (Wildman–Crippen LogP) is 7.05. The van der Waals surface area contributed by atoms with Crippen LogP contribution in [0.4, 0.5) is 52.7 Å². The van der Waals surface area contributed by atoms with E-state index >= 15 is 0 Å². The van der Waals surface area contributed by atoms with Gasteiger partial charge in [0.05, 0.1) is 22.3 Å². The van der Waals surface area contributed by atoms with Gasteiger partial charge < -0.3 is 5.11 Å². The number of likely N-dealkylation sites (tertiary alicyclic amines) is 1. The maximum absolute atomic E-state index is 13.4.